The molecule has 1 aromatic rings. The smallest absolute Gasteiger partial charge is 0.330 e. The molecule has 0 aliphatic carbocycles. The number of nitrogens with zero attached hydrogens (tertiary/aromatic N) is 3. The van der Waals surface area contributed by atoms with Gasteiger partial charge in [0.2, 0.25) is 10.0 Å². The van der Waals surface area contributed by atoms with Crippen LogP contribution in [0.3, 0.4) is 0 Å². The Bertz CT molecular complexity index is 798. The van der Waals surface area contributed by atoms with Gasteiger partial charge in [-0.15, -0.1) is 0 Å². The van der Waals surface area contributed by atoms with Crippen molar-refractivity contribution in [3.63, 3.8) is 0 Å². The van der Waals surface area contributed by atoms with Crippen LogP contribution in [0.4, 0.5) is 0 Å². The Morgan fingerprint density at radius 1 is 1.33 bits per heavy atom. The van der Waals surface area contributed by atoms with E-state index < -0.39 is 26.2 Å². The molecule has 24 heavy (non-hydrogen) atoms. The number of rotatable bonds is 6. The summed E-state index contributed by atoms with van der Waals surface area (Å²) in [5.74, 6) is 0.228. The Hall–Kier alpha value is -1.49. The predicted molar refractivity (Wildman–Crippen MR) is 88.4 cm³/mol. The lowest BCUT2D eigenvalue weighted by molar-refractivity contribution is 0.122. The number of aliphatic hydroxyl groups is 1. The van der Waals surface area contributed by atoms with Crippen LogP contribution in [0.1, 0.15) is 12.8 Å². The largest absolute Gasteiger partial charge is 0.396 e. The first-order chi connectivity index (χ1) is 11.3. The van der Waals surface area contributed by atoms with E-state index in [1.54, 1.807) is 0 Å². The topological polar surface area (TPSA) is 114 Å². The normalized spacial score (nSPS) is 19.5. The minimum atomic E-state index is -3.99. The van der Waals surface area contributed by atoms with Crippen LogP contribution in [0.5, 0.6) is 0 Å². The lowest BCUT2D eigenvalue weighted by atomic mass is 9.99. The second-order valence-electron chi connectivity index (χ2n) is 6.14. The number of hydrogen-bond donors (Lipinski definition) is 2. The van der Waals surface area contributed by atoms with Crippen LogP contribution >= 0.6 is 0 Å². The minimum Gasteiger partial charge on any atom is -0.396 e. The summed E-state index contributed by atoms with van der Waals surface area (Å²) in [7, 11) is -1.36. The summed E-state index contributed by atoms with van der Waals surface area (Å²) in [6, 6.07) is 0. The highest BCUT2D eigenvalue weighted by molar-refractivity contribution is 7.89. The third kappa shape index (κ3) is 4.12. The van der Waals surface area contributed by atoms with Crippen LogP contribution in [0.2, 0.25) is 0 Å². The monoisotopic (exact) mass is 360 g/mol. The molecular weight excluding hydrogens is 336 g/mol. The van der Waals surface area contributed by atoms with Crippen molar-refractivity contribution >= 4 is 10.0 Å². The number of aromatic nitrogens is 2. The van der Waals surface area contributed by atoms with E-state index in [-0.39, 0.29) is 19.1 Å². The SMILES string of the molecule is Cn1cc(S(=O)(=O)NCCN2CCC[C@H](CO)C2)c(=O)n(C)c1=O. The molecule has 0 aromatic carbocycles. The fraction of sp³-hybridized carbons (Fsp3) is 0.714. The molecule has 10 heteroatoms. The van der Waals surface area contributed by atoms with E-state index >= 15 is 0 Å². The second kappa shape index (κ2) is 7.60. The van der Waals surface area contributed by atoms with Gasteiger partial charge in [-0.05, 0) is 25.3 Å². The molecule has 0 unspecified atom stereocenters. The van der Waals surface area contributed by atoms with E-state index in [0.717, 1.165) is 41.3 Å². The summed E-state index contributed by atoms with van der Waals surface area (Å²) in [6.07, 6.45) is 2.99. The highest BCUT2D eigenvalue weighted by Gasteiger charge is 2.23. The summed E-state index contributed by atoms with van der Waals surface area (Å²) in [5, 5.41) is 9.21. The summed E-state index contributed by atoms with van der Waals surface area (Å²) < 4.78 is 28.9. The zero-order chi connectivity index (χ0) is 17.9. The van der Waals surface area contributed by atoms with Crippen molar-refractivity contribution in [2.45, 2.75) is 17.7 Å². The van der Waals surface area contributed by atoms with E-state index in [1.165, 1.54) is 14.1 Å². The van der Waals surface area contributed by atoms with Gasteiger partial charge >= 0.3 is 5.69 Å². The standard InChI is InChI=1S/C14H24N4O5S/c1-16-9-12(13(20)17(2)14(16)21)24(22,23)15-5-7-18-6-3-4-11(8-18)10-19/h9,11,15,19H,3-8,10H2,1-2H3/t11-/m0/s1. The Morgan fingerprint density at radius 2 is 2.04 bits per heavy atom. The molecule has 9 nitrogen and oxygen atoms in total. The van der Waals surface area contributed by atoms with Crippen molar-refractivity contribution in [1.29, 1.82) is 0 Å². The van der Waals surface area contributed by atoms with Crippen molar-refractivity contribution in [1.82, 2.24) is 18.8 Å². The first-order valence-electron chi connectivity index (χ1n) is 7.86. The molecule has 0 amide bonds. The quantitative estimate of drug-likeness (QED) is 0.611. The van der Waals surface area contributed by atoms with Crippen LogP contribution in [-0.2, 0) is 24.1 Å². The number of aliphatic hydroxyl groups excluding tert-OH is 1. The molecule has 2 rings (SSSR count). The molecule has 136 valence electrons. The highest BCUT2D eigenvalue weighted by atomic mass is 32.2. The van der Waals surface area contributed by atoms with Crippen molar-refractivity contribution in [3.8, 4) is 0 Å². The van der Waals surface area contributed by atoms with Gasteiger partial charge in [-0.25, -0.2) is 17.9 Å². The van der Waals surface area contributed by atoms with E-state index in [2.05, 4.69) is 9.62 Å². The van der Waals surface area contributed by atoms with Crippen molar-refractivity contribution in [3.05, 3.63) is 27.0 Å². The maximum absolute atomic E-state index is 12.3. The molecular formula is C14H24N4O5S. The number of piperidine rings is 1. The number of sulfonamides is 1. The molecule has 1 aliphatic heterocycles. The summed E-state index contributed by atoms with van der Waals surface area (Å²) in [5.41, 5.74) is -1.42. The van der Waals surface area contributed by atoms with E-state index in [0.29, 0.717) is 6.54 Å². The second-order valence-corrected chi connectivity index (χ2v) is 7.88. The number of hydrogen-bond acceptors (Lipinski definition) is 6. The zero-order valence-electron chi connectivity index (χ0n) is 13.9. The van der Waals surface area contributed by atoms with Gasteiger partial charge < -0.3 is 14.6 Å². The molecule has 1 fully saturated rings. The average Bonchev–Trinajstić information content (AvgIpc) is 2.56. The Kier molecular flexibility index (Phi) is 5.97. The van der Waals surface area contributed by atoms with Crippen LogP contribution in [0.15, 0.2) is 20.7 Å². The molecule has 1 aliphatic rings. The predicted octanol–water partition coefficient (Wildman–Crippen LogP) is -1.93. The zero-order valence-corrected chi connectivity index (χ0v) is 14.8. The maximum atomic E-state index is 12.3. The first kappa shape index (κ1) is 18.8. The van der Waals surface area contributed by atoms with Crippen LogP contribution < -0.4 is 16.0 Å². The molecule has 1 saturated heterocycles. The average molecular weight is 360 g/mol. The van der Waals surface area contributed by atoms with Gasteiger partial charge in [0.25, 0.3) is 5.56 Å². The van der Waals surface area contributed by atoms with E-state index in [1.807, 2.05) is 0 Å². The maximum Gasteiger partial charge on any atom is 0.330 e. The fourth-order valence-corrected chi connectivity index (χ4v) is 4.06. The minimum absolute atomic E-state index is 0.135. The molecule has 0 spiro atoms. The van der Waals surface area contributed by atoms with Gasteiger partial charge in [-0.2, -0.15) is 0 Å². The van der Waals surface area contributed by atoms with Gasteiger partial charge in [0, 0.05) is 46.5 Å². The van der Waals surface area contributed by atoms with Gasteiger partial charge in [0.15, 0.2) is 4.90 Å². The lowest BCUT2D eigenvalue weighted by Crippen LogP contribution is -2.44. The van der Waals surface area contributed by atoms with Crippen molar-refractivity contribution in [2.24, 2.45) is 20.0 Å². The molecule has 2 N–H and O–H groups in total. The Balaban J connectivity index is 2.05. The third-order valence-electron chi connectivity index (χ3n) is 4.29. The molecule has 0 radical (unpaired) electrons. The lowest BCUT2D eigenvalue weighted by Gasteiger charge is -2.31. The fourth-order valence-electron chi connectivity index (χ4n) is 2.88. The third-order valence-corrected chi connectivity index (χ3v) is 5.73. The Morgan fingerprint density at radius 3 is 2.71 bits per heavy atom. The summed E-state index contributed by atoms with van der Waals surface area (Å²) in [6.45, 7) is 2.39. The summed E-state index contributed by atoms with van der Waals surface area (Å²) in [4.78, 5) is 25.3. The first-order valence-corrected chi connectivity index (χ1v) is 9.34. The van der Waals surface area contributed by atoms with Gasteiger partial charge in [0.05, 0.1) is 0 Å². The molecule has 1 aromatic heterocycles. The molecule has 0 bridgehead atoms. The van der Waals surface area contributed by atoms with Gasteiger partial charge in [-0.3, -0.25) is 9.36 Å². The van der Waals surface area contributed by atoms with E-state index in [4.69, 9.17) is 0 Å². The van der Waals surface area contributed by atoms with Gasteiger partial charge in [0.1, 0.15) is 0 Å². The van der Waals surface area contributed by atoms with Crippen LogP contribution in [0.25, 0.3) is 0 Å². The number of likely N-dealkylation sites (tertiary alicyclic amines) is 1. The summed E-state index contributed by atoms with van der Waals surface area (Å²) >= 11 is 0. The highest BCUT2D eigenvalue weighted by Crippen LogP contribution is 2.15. The molecule has 0 saturated carbocycles. The van der Waals surface area contributed by atoms with Gasteiger partial charge in [-0.1, -0.05) is 0 Å². The number of nitrogens with one attached hydrogen (secondary N) is 1. The molecule has 1 atom stereocenters. The Labute approximate surface area is 140 Å². The number of aryl methyl sites for hydroxylation is 1. The van der Waals surface area contributed by atoms with Crippen LogP contribution in [-0.4, -0.2) is 60.3 Å². The van der Waals surface area contributed by atoms with Crippen LogP contribution in [0, 0.1) is 5.92 Å². The van der Waals surface area contributed by atoms with Crippen molar-refractivity contribution < 1.29 is 13.5 Å². The van der Waals surface area contributed by atoms with Crippen molar-refractivity contribution in [2.75, 3.05) is 32.8 Å². The molecule has 2 heterocycles. The van der Waals surface area contributed by atoms with E-state index in [9.17, 15) is 23.1 Å².